The van der Waals surface area contributed by atoms with E-state index in [1.807, 2.05) is 30.3 Å². The standard InChI is InChI=1S/C7H7N4O.ClH/c8-7-9-11(10-12-7)6-4-2-1-3-5-6;/h1-5H,(H2,8,9,10);1H/q+1;/p-1. The smallest absolute Gasteiger partial charge is 0.387 e. The first kappa shape index (κ1) is 9.47. The maximum absolute atomic E-state index is 5.25. The van der Waals surface area contributed by atoms with Crippen molar-refractivity contribution in [3.63, 3.8) is 0 Å². The minimum atomic E-state index is 0. The molecule has 1 heterocycles. The summed E-state index contributed by atoms with van der Waals surface area (Å²) in [5, 5.41) is 7.39. The summed E-state index contributed by atoms with van der Waals surface area (Å²) in [4.78, 5) is 1.33. The Kier molecular flexibility index (Phi) is 2.81. The van der Waals surface area contributed by atoms with Crippen molar-refractivity contribution >= 4 is 6.01 Å². The SMILES string of the molecule is Nc1n[n+](-c2ccccc2)no1.[Cl-]. The third-order valence-electron chi connectivity index (χ3n) is 1.39. The van der Waals surface area contributed by atoms with E-state index in [1.165, 1.54) is 4.80 Å². The van der Waals surface area contributed by atoms with Crippen molar-refractivity contribution in [3.05, 3.63) is 30.3 Å². The van der Waals surface area contributed by atoms with Crippen LogP contribution < -0.4 is 22.9 Å². The van der Waals surface area contributed by atoms with Crippen LogP contribution in [0.1, 0.15) is 0 Å². The van der Waals surface area contributed by atoms with Crippen LogP contribution in [-0.4, -0.2) is 10.4 Å². The van der Waals surface area contributed by atoms with Gasteiger partial charge in [-0.05, 0) is 0 Å². The van der Waals surface area contributed by atoms with Gasteiger partial charge < -0.3 is 18.1 Å². The van der Waals surface area contributed by atoms with Crippen LogP contribution in [0.5, 0.6) is 0 Å². The molecule has 1 aromatic heterocycles. The number of benzene rings is 1. The Labute approximate surface area is 80.5 Å². The predicted molar refractivity (Wildman–Crippen MR) is 40.2 cm³/mol. The molecule has 0 fully saturated rings. The van der Waals surface area contributed by atoms with Gasteiger partial charge in [-0.2, -0.15) is 0 Å². The number of hydrogen-bond acceptors (Lipinski definition) is 4. The van der Waals surface area contributed by atoms with E-state index >= 15 is 0 Å². The van der Waals surface area contributed by atoms with Gasteiger partial charge in [-0.25, -0.2) is 0 Å². The van der Waals surface area contributed by atoms with Gasteiger partial charge in [0.1, 0.15) is 4.80 Å². The summed E-state index contributed by atoms with van der Waals surface area (Å²) in [7, 11) is 0. The van der Waals surface area contributed by atoms with E-state index < -0.39 is 0 Å². The Balaban J connectivity index is 0.000000845. The molecule has 0 aliphatic heterocycles. The summed E-state index contributed by atoms with van der Waals surface area (Å²) in [6.07, 6.45) is 0. The van der Waals surface area contributed by atoms with Gasteiger partial charge in [0.2, 0.25) is 5.27 Å². The van der Waals surface area contributed by atoms with E-state index in [2.05, 4.69) is 14.9 Å². The van der Waals surface area contributed by atoms with Gasteiger partial charge in [-0.15, -0.1) is 0 Å². The Hall–Kier alpha value is -1.62. The summed E-state index contributed by atoms with van der Waals surface area (Å²) in [6.45, 7) is 0. The molecule has 0 aliphatic rings. The number of hydrogen-bond donors (Lipinski definition) is 1. The Morgan fingerprint density at radius 2 is 1.92 bits per heavy atom. The molecular formula is C7H7ClN4O. The fourth-order valence-corrected chi connectivity index (χ4v) is 0.877. The van der Waals surface area contributed by atoms with Gasteiger partial charge in [0.25, 0.3) is 5.69 Å². The number of rotatable bonds is 1. The summed E-state index contributed by atoms with van der Waals surface area (Å²) in [6, 6.07) is 9.44. The molecule has 68 valence electrons. The molecule has 0 radical (unpaired) electrons. The molecule has 1 aromatic carbocycles. The summed E-state index contributed by atoms with van der Waals surface area (Å²) in [5.41, 5.74) is 6.07. The Bertz CT molecular complexity index is 375. The van der Waals surface area contributed by atoms with Gasteiger partial charge in [-0.1, -0.05) is 18.2 Å². The fourth-order valence-electron chi connectivity index (χ4n) is 0.877. The number of anilines is 1. The van der Waals surface area contributed by atoms with Gasteiger partial charge in [0, 0.05) is 12.1 Å². The van der Waals surface area contributed by atoms with Crippen LogP contribution >= 0.6 is 0 Å². The molecule has 13 heavy (non-hydrogen) atoms. The van der Waals surface area contributed by atoms with Gasteiger partial charge in [0.05, 0.1) is 5.10 Å². The van der Waals surface area contributed by atoms with Crippen LogP contribution in [-0.2, 0) is 0 Å². The zero-order valence-electron chi connectivity index (χ0n) is 6.59. The first-order chi connectivity index (χ1) is 5.86. The maximum atomic E-state index is 5.25. The number of para-hydroxylation sites is 1. The van der Waals surface area contributed by atoms with Gasteiger partial charge >= 0.3 is 6.01 Å². The third kappa shape index (κ3) is 1.94. The number of nitrogens with zero attached hydrogens (tertiary/aromatic N) is 3. The third-order valence-corrected chi connectivity index (χ3v) is 1.39. The number of aromatic nitrogens is 3. The molecule has 0 saturated heterocycles. The second kappa shape index (κ2) is 3.86. The number of nitrogens with two attached hydrogens (primary N) is 1. The molecule has 2 rings (SSSR count). The van der Waals surface area contributed by atoms with Crippen LogP contribution in [0.2, 0.25) is 0 Å². The van der Waals surface area contributed by atoms with E-state index in [4.69, 9.17) is 5.73 Å². The van der Waals surface area contributed by atoms with Crippen molar-refractivity contribution in [1.29, 1.82) is 0 Å². The van der Waals surface area contributed by atoms with Crippen LogP contribution in [0.4, 0.5) is 6.01 Å². The van der Waals surface area contributed by atoms with Crippen molar-refractivity contribution in [2.24, 2.45) is 0 Å². The second-order valence-corrected chi connectivity index (χ2v) is 2.24. The zero-order valence-corrected chi connectivity index (χ0v) is 7.35. The van der Waals surface area contributed by atoms with Crippen LogP contribution in [0.15, 0.2) is 34.9 Å². The van der Waals surface area contributed by atoms with Crippen LogP contribution in [0.3, 0.4) is 0 Å². The molecule has 0 aliphatic carbocycles. The quantitative estimate of drug-likeness (QED) is 0.494. The lowest BCUT2D eigenvalue weighted by Crippen LogP contribution is -3.00. The van der Waals surface area contributed by atoms with E-state index in [0.717, 1.165) is 5.69 Å². The topological polar surface area (TPSA) is 68.8 Å². The zero-order chi connectivity index (χ0) is 8.39. The average Bonchev–Trinajstić information content (AvgIpc) is 2.54. The lowest BCUT2D eigenvalue weighted by molar-refractivity contribution is -0.724. The van der Waals surface area contributed by atoms with Crippen molar-refractivity contribution in [1.82, 2.24) is 10.4 Å². The molecule has 0 bridgehead atoms. The molecular weight excluding hydrogens is 192 g/mol. The predicted octanol–water partition coefficient (Wildman–Crippen LogP) is -3.07. The molecule has 0 spiro atoms. The van der Waals surface area contributed by atoms with Gasteiger partial charge in [-0.3, -0.25) is 4.52 Å². The number of halogens is 1. The normalized spacial score (nSPS) is 9.23. The van der Waals surface area contributed by atoms with Gasteiger partial charge in [0.15, 0.2) is 0 Å². The first-order valence-corrected chi connectivity index (χ1v) is 3.43. The highest BCUT2D eigenvalue weighted by molar-refractivity contribution is 5.20. The molecule has 0 saturated carbocycles. The van der Waals surface area contributed by atoms with E-state index in [9.17, 15) is 0 Å². The molecule has 6 heteroatoms. The highest BCUT2D eigenvalue weighted by Crippen LogP contribution is 1.96. The molecule has 2 aromatic rings. The van der Waals surface area contributed by atoms with E-state index in [1.54, 1.807) is 0 Å². The highest BCUT2D eigenvalue weighted by Gasteiger charge is 2.13. The number of nitrogen functional groups attached to an aromatic ring is 1. The summed E-state index contributed by atoms with van der Waals surface area (Å²) < 4.78 is 4.60. The van der Waals surface area contributed by atoms with Crippen LogP contribution in [0, 0.1) is 0 Å². The fraction of sp³-hybridized carbons (Fsp3) is 0. The Morgan fingerprint density at radius 1 is 1.23 bits per heavy atom. The molecule has 2 N–H and O–H groups in total. The van der Waals surface area contributed by atoms with Crippen molar-refractivity contribution in [2.45, 2.75) is 0 Å². The molecule has 0 unspecified atom stereocenters. The lowest BCUT2D eigenvalue weighted by Gasteiger charge is -1.80. The highest BCUT2D eigenvalue weighted by atomic mass is 35.5. The molecule has 0 amide bonds. The first-order valence-electron chi connectivity index (χ1n) is 3.43. The summed E-state index contributed by atoms with van der Waals surface area (Å²) >= 11 is 0. The second-order valence-electron chi connectivity index (χ2n) is 2.24. The molecule has 5 nitrogen and oxygen atoms in total. The lowest BCUT2D eigenvalue weighted by atomic mass is 10.3. The van der Waals surface area contributed by atoms with Crippen LogP contribution in [0.25, 0.3) is 5.69 Å². The van der Waals surface area contributed by atoms with E-state index in [-0.39, 0.29) is 18.4 Å². The Morgan fingerprint density at radius 3 is 2.46 bits per heavy atom. The maximum Gasteiger partial charge on any atom is 0.387 e. The largest absolute Gasteiger partial charge is 1.00 e. The minimum Gasteiger partial charge on any atom is -1.00 e. The molecule has 0 atom stereocenters. The van der Waals surface area contributed by atoms with E-state index in [0.29, 0.717) is 0 Å². The minimum absolute atomic E-state index is 0. The van der Waals surface area contributed by atoms with Crippen molar-refractivity contribution in [2.75, 3.05) is 5.73 Å². The monoisotopic (exact) mass is 198 g/mol. The van der Waals surface area contributed by atoms with Crippen molar-refractivity contribution in [3.8, 4) is 5.69 Å². The average molecular weight is 199 g/mol. The summed E-state index contributed by atoms with van der Waals surface area (Å²) in [5.74, 6) is 0. The van der Waals surface area contributed by atoms with Crippen molar-refractivity contribution < 1.29 is 21.7 Å².